The lowest BCUT2D eigenvalue weighted by Crippen LogP contribution is -2.35. The van der Waals surface area contributed by atoms with Crippen LogP contribution in [-0.4, -0.2) is 45.9 Å². The number of carboxylic acid groups (broad SMARTS) is 1. The summed E-state index contributed by atoms with van der Waals surface area (Å²) in [4.78, 5) is 10.4. The molecule has 1 atom stereocenters. The van der Waals surface area contributed by atoms with Gasteiger partial charge in [0, 0.05) is 13.2 Å². The Labute approximate surface area is 117 Å². The van der Waals surface area contributed by atoms with Crippen molar-refractivity contribution in [3.63, 3.8) is 0 Å². The molecule has 0 aliphatic heterocycles. The summed E-state index contributed by atoms with van der Waals surface area (Å²) in [5.74, 6) is -0.812. The molecule has 0 bridgehead atoms. The van der Waals surface area contributed by atoms with E-state index in [4.69, 9.17) is 14.6 Å². The van der Waals surface area contributed by atoms with Crippen LogP contribution < -0.4 is 9.46 Å². The number of ether oxygens (including phenoxy) is 2. The van der Waals surface area contributed by atoms with E-state index in [9.17, 15) is 13.2 Å². The summed E-state index contributed by atoms with van der Waals surface area (Å²) in [6, 6.07) is 5.14. The number of carbonyl (C=O) groups is 1. The molecule has 0 aliphatic carbocycles. The van der Waals surface area contributed by atoms with Crippen LogP contribution in [0.5, 0.6) is 5.75 Å². The molecule has 0 aromatic heterocycles. The first-order chi connectivity index (χ1) is 9.35. The fraction of sp³-hybridized carbons (Fsp3) is 0.417. The Morgan fingerprint density at radius 1 is 1.35 bits per heavy atom. The molecule has 0 saturated carbocycles. The van der Waals surface area contributed by atoms with Gasteiger partial charge in [0.05, 0.1) is 11.5 Å². The Hall–Kier alpha value is -1.64. The van der Waals surface area contributed by atoms with Crippen molar-refractivity contribution < 1.29 is 27.8 Å². The molecule has 0 radical (unpaired) electrons. The Kier molecular flexibility index (Phi) is 5.93. The number of sulfonamides is 1. The van der Waals surface area contributed by atoms with Gasteiger partial charge < -0.3 is 14.6 Å². The van der Waals surface area contributed by atoms with Crippen LogP contribution in [0.2, 0.25) is 0 Å². The molecular formula is C12H17NO6S. The number of benzene rings is 1. The number of hydrogen-bond donors (Lipinski definition) is 2. The van der Waals surface area contributed by atoms with E-state index in [0.29, 0.717) is 0 Å². The molecule has 0 heterocycles. The van der Waals surface area contributed by atoms with Crippen LogP contribution in [0.4, 0.5) is 0 Å². The van der Waals surface area contributed by atoms with Gasteiger partial charge in [-0.2, -0.15) is 0 Å². The molecule has 1 rings (SSSR count). The average Bonchev–Trinajstić information content (AvgIpc) is 2.36. The van der Waals surface area contributed by atoms with Crippen molar-refractivity contribution in [3.05, 3.63) is 24.3 Å². The van der Waals surface area contributed by atoms with Crippen molar-refractivity contribution in [1.82, 2.24) is 4.72 Å². The third-order valence-corrected chi connectivity index (χ3v) is 3.87. The Morgan fingerprint density at radius 2 is 1.95 bits per heavy atom. The maximum atomic E-state index is 12.0. The van der Waals surface area contributed by atoms with Gasteiger partial charge in [0.15, 0.2) is 6.61 Å². The zero-order chi connectivity index (χ0) is 15.2. The summed E-state index contributed by atoms with van der Waals surface area (Å²) in [6.45, 7) is 1.47. The summed E-state index contributed by atoms with van der Waals surface area (Å²) >= 11 is 0. The molecule has 1 aromatic rings. The van der Waals surface area contributed by atoms with E-state index in [-0.39, 0.29) is 23.3 Å². The topological polar surface area (TPSA) is 102 Å². The lowest BCUT2D eigenvalue weighted by Gasteiger charge is -2.13. The van der Waals surface area contributed by atoms with Crippen molar-refractivity contribution in [2.24, 2.45) is 0 Å². The molecule has 0 aliphatic rings. The summed E-state index contributed by atoms with van der Waals surface area (Å²) in [5, 5.41) is 8.47. The minimum absolute atomic E-state index is 0.0723. The van der Waals surface area contributed by atoms with Gasteiger partial charge in [0.2, 0.25) is 10.0 Å². The fourth-order valence-corrected chi connectivity index (χ4v) is 2.71. The fourth-order valence-electron chi connectivity index (χ4n) is 1.48. The van der Waals surface area contributed by atoms with Crippen molar-refractivity contribution in [2.75, 3.05) is 20.3 Å². The number of hydrogen-bond acceptors (Lipinski definition) is 5. The van der Waals surface area contributed by atoms with E-state index in [1.165, 1.54) is 31.4 Å². The molecule has 1 aromatic carbocycles. The molecule has 20 heavy (non-hydrogen) atoms. The minimum Gasteiger partial charge on any atom is -0.482 e. The minimum atomic E-state index is -3.63. The van der Waals surface area contributed by atoms with E-state index < -0.39 is 22.6 Å². The molecule has 0 amide bonds. The second-order valence-electron chi connectivity index (χ2n) is 4.13. The Balaban J connectivity index is 2.74. The number of methoxy groups -OCH3 is 1. The molecule has 112 valence electrons. The second kappa shape index (κ2) is 7.22. The SMILES string of the molecule is COCC(C)NS(=O)(=O)c1ccc(OCC(=O)O)cc1. The van der Waals surface area contributed by atoms with Crippen LogP contribution in [0.3, 0.4) is 0 Å². The van der Waals surface area contributed by atoms with Crippen molar-refractivity contribution in [3.8, 4) is 5.75 Å². The van der Waals surface area contributed by atoms with Gasteiger partial charge in [-0.15, -0.1) is 0 Å². The summed E-state index contributed by atoms with van der Waals surface area (Å²) in [5.41, 5.74) is 0. The van der Waals surface area contributed by atoms with Crippen molar-refractivity contribution in [2.45, 2.75) is 17.9 Å². The maximum Gasteiger partial charge on any atom is 0.341 e. The zero-order valence-electron chi connectivity index (χ0n) is 11.2. The van der Waals surface area contributed by atoms with Gasteiger partial charge in [-0.3, -0.25) is 0 Å². The highest BCUT2D eigenvalue weighted by Crippen LogP contribution is 2.16. The second-order valence-corrected chi connectivity index (χ2v) is 5.85. The third kappa shape index (κ3) is 5.16. The number of aliphatic carboxylic acids is 1. The predicted molar refractivity (Wildman–Crippen MR) is 71.2 cm³/mol. The lowest BCUT2D eigenvalue weighted by atomic mass is 10.3. The van der Waals surface area contributed by atoms with Crippen LogP contribution in [-0.2, 0) is 19.6 Å². The standard InChI is InChI=1S/C12H17NO6S/c1-9(7-18-2)13-20(16,17)11-5-3-10(4-6-11)19-8-12(14)15/h3-6,9,13H,7-8H2,1-2H3,(H,14,15). The van der Waals surface area contributed by atoms with Crippen LogP contribution in [0.25, 0.3) is 0 Å². The van der Waals surface area contributed by atoms with Crippen molar-refractivity contribution in [1.29, 1.82) is 0 Å². The highest BCUT2D eigenvalue weighted by molar-refractivity contribution is 7.89. The molecular weight excluding hydrogens is 286 g/mol. The summed E-state index contributed by atoms with van der Waals surface area (Å²) in [6.07, 6.45) is 0. The van der Waals surface area contributed by atoms with Crippen molar-refractivity contribution >= 4 is 16.0 Å². The molecule has 2 N–H and O–H groups in total. The zero-order valence-corrected chi connectivity index (χ0v) is 12.0. The Morgan fingerprint density at radius 3 is 2.45 bits per heavy atom. The van der Waals surface area contributed by atoms with Crippen LogP contribution in [0, 0.1) is 0 Å². The van der Waals surface area contributed by atoms with Gasteiger partial charge in [0.25, 0.3) is 0 Å². The highest BCUT2D eigenvalue weighted by Gasteiger charge is 2.17. The van der Waals surface area contributed by atoms with Crippen LogP contribution in [0.1, 0.15) is 6.92 Å². The average molecular weight is 303 g/mol. The molecule has 8 heteroatoms. The molecule has 7 nitrogen and oxygen atoms in total. The molecule has 0 spiro atoms. The molecule has 1 unspecified atom stereocenters. The lowest BCUT2D eigenvalue weighted by molar-refractivity contribution is -0.139. The largest absolute Gasteiger partial charge is 0.482 e. The smallest absolute Gasteiger partial charge is 0.341 e. The van der Waals surface area contributed by atoms with Gasteiger partial charge >= 0.3 is 5.97 Å². The van der Waals surface area contributed by atoms with Gasteiger partial charge in [-0.1, -0.05) is 0 Å². The predicted octanol–water partition coefficient (Wildman–Crippen LogP) is 0.463. The first-order valence-electron chi connectivity index (χ1n) is 5.81. The highest BCUT2D eigenvalue weighted by atomic mass is 32.2. The maximum absolute atomic E-state index is 12.0. The summed E-state index contributed by atoms with van der Waals surface area (Å²) < 4.78 is 36.2. The van der Waals surface area contributed by atoms with E-state index in [1.807, 2.05) is 0 Å². The number of carboxylic acids is 1. The first kappa shape index (κ1) is 16.4. The van der Waals surface area contributed by atoms with E-state index >= 15 is 0 Å². The van der Waals surface area contributed by atoms with Gasteiger partial charge in [0.1, 0.15) is 5.75 Å². The third-order valence-electron chi connectivity index (χ3n) is 2.27. The van der Waals surface area contributed by atoms with Gasteiger partial charge in [-0.05, 0) is 31.2 Å². The quantitative estimate of drug-likeness (QED) is 0.723. The monoisotopic (exact) mass is 303 g/mol. The van der Waals surface area contributed by atoms with Crippen LogP contribution in [0.15, 0.2) is 29.2 Å². The van der Waals surface area contributed by atoms with E-state index in [0.717, 1.165) is 0 Å². The van der Waals surface area contributed by atoms with Crippen LogP contribution >= 0.6 is 0 Å². The van der Waals surface area contributed by atoms with E-state index in [1.54, 1.807) is 6.92 Å². The Bertz CT molecular complexity index is 540. The summed E-state index contributed by atoms with van der Waals surface area (Å²) in [7, 11) is -2.15. The van der Waals surface area contributed by atoms with E-state index in [2.05, 4.69) is 4.72 Å². The first-order valence-corrected chi connectivity index (χ1v) is 7.29. The molecule has 0 fully saturated rings. The number of rotatable bonds is 8. The van der Waals surface area contributed by atoms with Gasteiger partial charge in [-0.25, -0.2) is 17.9 Å². The molecule has 0 saturated heterocycles. The normalized spacial score (nSPS) is 12.9. The number of nitrogens with one attached hydrogen (secondary N) is 1.